The Morgan fingerprint density at radius 2 is 1.85 bits per heavy atom. The van der Waals surface area contributed by atoms with E-state index in [1.54, 1.807) is 25.3 Å². The van der Waals surface area contributed by atoms with Crippen LogP contribution in [0, 0.1) is 0 Å². The minimum absolute atomic E-state index is 0.223. The highest BCUT2D eigenvalue weighted by Crippen LogP contribution is 2.38. The van der Waals surface area contributed by atoms with Gasteiger partial charge in [-0.25, -0.2) is 13.4 Å². The van der Waals surface area contributed by atoms with E-state index in [1.165, 1.54) is 11.9 Å². The van der Waals surface area contributed by atoms with Crippen LogP contribution in [0.2, 0.25) is 0 Å². The lowest BCUT2D eigenvalue weighted by atomic mass is 9.97. The van der Waals surface area contributed by atoms with Gasteiger partial charge in [0.1, 0.15) is 5.75 Å². The molecule has 0 bridgehead atoms. The van der Waals surface area contributed by atoms with E-state index in [0.29, 0.717) is 29.1 Å². The molecule has 0 saturated heterocycles. The summed E-state index contributed by atoms with van der Waals surface area (Å²) in [6.07, 6.45) is 1.54. The average Bonchev–Trinajstić information content (AvgIpc) is 3.06. The molecule has 3 rings (SSSR count). The zero-order valence-corrected chi connectivity index (χ0v) is 16.2. The quantitative estimate of drug-likeness (QED) is 0.854. The summed E-state index contributed by atoms with van der Waals surface area (Å²) in [5.41, 5.74) is 2.64. The number of benzene rings is 2. The number of nitrogens with one attached hydrogen (secondary N) is 1. The van der Waals surface area contributed by atoms with Gasteiger partial charge in [0.05, 0.1) is 30.8 Å². The molecule has 0 unspecified atom stereocenters. The molecule has 1 amide bonds. The third-order valence-electron chi connectivity index (χ3n) is 4.27. The molecule has 0 saturated carbocycles. The Balaban J connectivity index is 2.02. The highest BCUT2D eigenvalue weighted by atomic mass is 32.2. The van der Waals surface area contributed by atoms with Crippen LogP contribution in [-0.2, 0) is 14.8 Å². The van der Waals surface area contributed by atoms with Crippen molar-refractivity contribution in [3.63, 3.8) is 0 Å². The van der Waals surface area contributed by atoms with E-state index in [-0.39, 0.29) is 5.91 Å². The van der Waals surface area contributed by atoms with E-state index in [0.717, 1.165) is 11.8 Å². The summed E-state index contributed by atoms with van der Waals surface area (Å²) in [5, 5.41) is 5.90. The average molecular weight is 387 g/mol. The number of carbonyl (C=O) groups is 1. The van der Waals surface area contributed by atoms with Gasteiger partial charge >= 0.3 is 0 Å². The largest absolute Gasteiger partial charge is 0.496 e. The molecule has 0 aromatic heterocycles. The van der Waals surface area contributed by atoms with Gasteiger partial charge < -0.3 is 4.74 Å². The molecule has 0 spiro atoms. The first-order valence-corrected chi connectivity index (χ1v) is 10.3. The summed E-state index contributed by atoms with van der Waals surface area (Å²) in [6.45, 7) is 1.44. The van der Waals surface area contributed by atoms with Crippen LogP contribution in [0.25, 0.3) is 0 Å². The van der Waals surface area contributed by atoms with E-state index >= 15 is 0 Å². The first-order chi connectivity index (χ1) is 12.8. The maximum atomic E-state index is 12.2. The van der Waals surface area contributed by atoms with Crippen molar-refractivity contribution < 1.29 is 17.9 Å². The number of ether oxygens (including phenoxy) is 1. The molecule has 27 heavy (non-hydrogen) atoms. The first kappa shape index (κ1) is 18.9. The molecule has 1 atom stereocenters. The monoisotopic (exact) mass is 387 g/mol. The third-order valence-corrected chi connectivity index (χ3v) is 4.86. The van der Waals surface area contributed by atoms with Gasteiger partial charge in [0, 0.05) is 24.5 Å². The molecule has 1 aliphatic heterocycles. The highest BCUT2D eigenvalue weighted by molar-refractivity contribution is 7.92. The number of para-hydroxylation sites is 2. The summed E-state index contributed by atoms with van der Waals surface area (Å²) in [4.78, 5) is 12.2. The highest BCUT2D eigenvalue weighted by Gasteiger charge is 2.34. The van der Waals surface area contributed by atoms with E-state index in [4.69, 9.17) is 4.74 Å². The summed E-state index contributed by atoms with van der Waals surface area (Å²) < 4.78 is 31.4. The van der Waals surface area contributed by atoms with Gasteiger partial charge in [0.2, 0.25) is 15.9 Å². The maximum Gasteiger partial charge on any atom is 0.240 e. The number of hydrazone groups is 1. The lowest BCUT2D eigenvalue weighted by Gasteiger charge is -2.23. The number of nitrogens with zero attached hydrogens (tertiary/aromatic N) is 2. The molecule has 2 aromatic rings. The van der Waals surface area contributed by atoms with Crippen molar-refractivity contribution in [3.05, 3.63) is 59.7 Å². The van der Waals surface area contributed by atoms with Crippen molar-refractivity contribution in [1.82, 2.24) is 5.01 Å². The number of hydrogen-bond donors (Lipinski definition) is 1. The van der Waals surface area contributed by atoms with Crippen LogP contribution < -0.4 is 9.46 Å². The summed E-state index contributed by atoms with van der Waals surface area (Å²) >= 11 is 0. The normalized spacial score (nSPS) is 16.8. The van der Waals surface area contributed by atoms with Gasteiger partial charge in [-0.15, -0.1) is 0 Å². The van der Waals surface area contributed by atoms with Crippen LogP contribution >= 0.6 is 0 Å². The third kappa shape index (κ3) is 4.11. The molecule has 1 N–H and O–H groups in total. The van der Waals surface area contributed by atoms with Gasteiger partial charge in [-0.1, -0.05) is 30.3 Å². The molecule has 142 valence electrons. The summed E-state index contributed by atoms with van der Waals surface area (Å²) in [6, 6.07) is 14.1. The molecule has 7 nitrogen and oxygen atoms in total. The van der Waals surface area contributed by atoms with Crippen molar-refractivity contribution in [2.45, 2.75) is 19.4 Å². The van der Waals surface area contributed by atoms with Crippen LogP contribution in [0.4, 0.5) is 5.69 Å². The fourth-order valence-electron chi connectivity index (χ4n) is 3.17. The molecule has 0 aliphatic carbocycles. The smallest absolute Gasteiger partial charge is 0.240 e. The number of rotatable bonds is 5. The Morgan fingerprint density at radius 3 is 2.52 bits per heavy atom. The van der Waals surface area contributed by atoms with E-state index in [1.807, 2.05) is 30.3 Å². The molecule has 1 heterocycles. The van der Waals surface area contributed by atoms with Crippen LogP contribution in [0.15, 0.2) is 53.6 Å². The van der Waals surface area contributed by atoms with Gasteiger partial charge in [-0.2, -0.15) is 5.10 Å². The molecule has 0 fully saturated rings. The maximum absolute atomic E-state index is 12.2. The van der Waals surface area contributed by atoms with Gasteiger partial charge in [-0.3, -0.25) is 9.52 Å². The lowest BCUT2D eigenvalue weighted by molar-refractivity contribution is -0.130. The SMILES string of the molecule is COc1ccccc1C1=NN(C(C)=O)[C@H](c2ccccc2NS(C)(=O)=O)C1. The minimum atomic E-state index is -3.45. The predicted molar refractivity (Wildman–Crippen MR) is 104 cm³/mol. The number of sulfonamides is 1. The number of hydrogen-bond acceptors (Lipinski definition) is 5. The number of carbonyl (C=O) groups excluding carboxylic acids is 1. The van der Waals surface area contributed by atoms with Crippen molar-refractivity contribution in [3.8, 4) is 5.75 Å². The topological polar surface area (TPSA) is 88.1 Å². The number of methoxy groups -OCH3 is 1. The minimum Gasteiger partial charge on any atom is -0.496 e. The Kier molecular flexibility index (Phi) is 5.18. The fraction of sp³-hybridized carbons (Fsp3) is 0.263. The van der Waals surface area contributed by atoms with Crippen molar-refractivity contribution in [2.75, 3.05) is 18.1 Å². The van der Waals surface area contributed by atoms with Crippen molar-refractivity contribution in [2.24, 2.45) is 5.10 Å². The standard InChI is InChI=1S/C19H21N3O4S/c1-13(23)22-18(14-8-4-6-10-16(14)21-27(3,24)25)12-17(20-22)15-9-5-7-11-19(15)26-2/h4-11,18,21H,12H2,1-3H3/t18-/m0/s1. The Morgan fingerprint density at radius 1 is 1.19 bits per heavy atom. The number of amides is 1. The predicted octanol–water partition coefficient (Wildman–Crippen LogP) is 2.76. The van der Waals surface area contributed by atoms with Crippen LogP contribution in [0.1, 0.15) is 30.5 Å². The number of anilines is 1. The molecule has 2 aromatic carbocycles. The second-order valence-corrected chi connectivity index (χ2v) is 8.04. The molecule has 1 aliphatic rings. The second kappa shape index (κ2) is 7.40. The lowest BCUT2D eigenvalue weighted by Crippen LogP contribution is -2.25. The van der Waals surface area contributed by atoms with E-state index in [9.17, 15) is 13.2 Å². The van der Waals surface area contributed by atoms with Crippen LogP contribution in [0.3, 0.4) is 0 Å². The Labute approximate surface area is 158 Å². The molecular weight excluding hydrogens is 366 g/mol. The van der Waals surface area contributed by atoms with Crippen molar-refractivity contribution >= 4 is 27.3 Å². The first-order valence-electron chi connectivity index (χ1n) is 8.37. The molecule has 0 radical (unpaired) electrons. The Hall–Kier alpha value is -2.87. The summed E-state index contributed by atoms with van der Waals surface area (Å²) in [5.74, 6) is 0.446. The van der Waals surface area contributed by atoms with Crippen LogP contribution in [0.5, 0.6) is 5.75 Å². The zero-order valence-electron chi connectivity index (χ0n) is 15.3. The second-order valence-electron chi connectivity index (χ2n) is 6.29. The zero-order chi connectivity index (χ0) is 19.6. The van der Waals surface area contributed by atoms with Crippen LogP contribution in [-0.4, -0.2) is 38.4 Å². The van der Waals surface area contributed by atoms with Gasteiger partial charge in [-0.05, 0) is 18.2 Å². The molecule has 8 heteroatoms. The van der Waals surface area contributed by atoms with Gasteiger partial charge in [0.15, 0.2) is 0 Å². The van der Waals surface area contributed by atoms with Gasteiger partial charge in [0.25, 0.3) is 0 Å². The van der Waals surface area contributed by atoms with E-state index < -0.39 is 16.1 Å². The van der Waals surface area contributed by atoms with Crippen molar-refractivity contribution in [1.29, 1.82) is 0 Å². The van der Waals surface area contributed by atoms with E-state index in [2.05, 4.69) is 9.82 Å². The Bertz CT molecular complexity index is 1000. The summed E-state index contributed by atoms with van der Waals surface area (Å²) in [7, 11) is -1.87. The molecular formula is C19H21N3O4S. The fourth-order valence-corrected chi connectivity index (χ4v) is 3.75.